The van der Waals surface area contributed by atoms with Crippen LogP contribution in [0.5, 0.6) is 0 Å². The van der Waals surface area contributed by atoms with Crippen LogP contribution in [0.1, 0.15) is 64.6 Å². The maximum Gasteiger partial charge on any atom is 0.410 e. The van der Waals surface area contributed by atoms with E-state index in [2.05, 4.69) is 61.1 Å². The first-order valence-electron chi connectivity index (χ1n) is 12.8. The molecule has 1 aromatic heterocycles. The maximum atomic E-state index is 13.1. The molecule has 0 bridgehead atoms. The lowest BCUT2D eigenvalue weighted by Crippen LogP contribution is -2.45. The normalized spacial score (nSPS) is 18.3. The Morgan fingerprint density at radius 1 is 1.22 bits per heavy atom. The summed E-state index contributed by atoms with van der Waals surface area (Å²) in [6, 6.07) is 8.13. The van der Waals surface area contributed by atoms with E-state index in [1.807, 2.05) is 46.9 Å². The summed E-state index contributed by atoms with van der Waals surface area (Å²) in [5.41, 5.74) is 1.51. The summed E-state index contributed by atoms with van der Waals surface area (Å²) in [6.45, 7) is 21.7. The number of likely N-dealkylation sites (tertiary alicyclic amines) is 1. The van der Waals surface area contributed by atoms with Gasteiger partial charge in [-0.1, -0.05) is 50.3 Å². The van der Waals surface area contributed by atoms with Gasteiger partial charge in [-0.15, -0.1) is 10.2 Å². The summed E-state index contributed by atoms with van der Waals surface area (Å²) in [5.74, 6) is 0. The number of hydrogen-bond donors (Lipinski definition) is 0. The number of carbonyl (C=O) groups is 1. The number of ether oxygens (including phenoxy) is 1. The second-order valence-corrected chi connectivity index (χ2v) is 18.3. The zero-order chi connectivity index (χ0) is 26.9. The highest BCUT2D eigenvalue weighted by Crippen LogP contribution is 2.38. The van der Waals surface area contributed by atoms with Crippen molar-refractivity contribution < 1.29 is 14.0 Å². The molecule has 2 heterocycles. The Kier molecular flexibility index (Phi) is 8.70. The maximum absolute atomic E-state index is 13.1. The monoisotopic (exact) mass is 532 g/mol. The third-order valence-corrected chi connectivity index (χ3v) is 12.5. The first kappa shape index (κ1) is 28.8. The highest BCUT2D eigenvalue weighted by Gasteiger charge is 2.41. The van der Waals surface area contributed by atoms with E-state index in [9.17, 15) is 4.79 Å². The van der Waals surface area contributed by atoms with E-state index < -0.39 is 13.9 Å². The molecule has 0 spiro atoms. The average molecular weight is 533 g/mol. The van der Waals surface area contributed by atoms with E-state index in [1.165, 1.54) is 0 Å². The lowest BCUT2D eigenvalue weighted by atomic mass is 10.0. The molecule has 0 N–H and O–H groups in total. The first-order valence-corrected chi connectivity index (χ1v) is 16.5. The standard InChI is InChI=1S/C27H44N4O3SSi/c1-19-28-29-24(35-19)21-13-11-12-20(16-21)23(30(8)25(32)33-26(2,3)4)18-31-15-14-22(17-31)34-36(9,10)27(5,6)7/h11-13,16,22-23H,14-15,17-18H2,1-10H3/t22-,23+/m0/s1. The van der Waals surface area contributed by atoms with Crippen LogP contribution >= 0.6 is 11.3 Å². The quantitative estimate of drug-likeness (QED) is 0.378. The number of aromatic nitrogens is 2. The Hall–Kier alpha value is -1.81. The van der Waals surface area contributed by atoms with E-state index in [0.717, 1.165) is 40.7 Å². The van der Waals surface area contributed by atoms with E-state index in [4.69, 9.17) is 9.16 Å². The van der Waals surface area contributed by atoms with Crippen molar-refractivity contribution in [2.75, 3.05) is 26.7 Å². The average Bonchev–Trinajstić information content (AvgIpc) is 3.38. The molecule has 1 aromatic carbocycles. The summed E-state index contributed by atoms with van der Waals surface area (Å²) in [6.07, 6.45) is 0.923. The van der Waals surface area contributed by atoms with Gasteiger partial charge in [0, 0.05) is 32.2 Å². The van der Waals surface area contributed by atoms with Crippen LogP contribution in [0, 0.1) is 6.92 Å². The van der Waals surface area contributed by atoms with Gasteiger partial charge in [0.1, 0.15) is 15.6 Å². The van der Waals surface area contributed by atoms with Gasteiger partial charge in [0.15, 0.2) is 8.32 Å². The molecule has 1 aliphatic rings. The number of nitrogens with zero attached hydrogens (tertiary/aromatic N) is 4. The van der Waals surface area contributed by atoms with Crippen LogP contribution in [0.2, 0.25) is 18.1 Å². The van der Waals surface area contributed by atoms with Crippen LogP contribution in [0.3, 0.4) is 0 Å². The van der Waals surface area contributed by atoms with Gasteiger partial charge in [-0.05, 0) is 63.9 Å². The second kappa shape index (κ2) is 10.9. The number of hydrogen-bond acceptors (Lipinski definition) is 7. The van der Waals surface area contributed by atoms with Crippen LogP contribution in [-0.2, 0) is 9.16 Å². The lowest BCUT2D eigenvalue weighted by molar-refractivity contribution is 0.0187. The molecular formula is C27H44N4O3SSi. The highest BCUT2D eigenvalue weighted by molar-refractivity contribution is 7.14. The summed E-state index contributed by atoms with van der Waals surface area (Å²) in [4.78, 5) is 17.3. The third-order valence-electron chi connectivity index (χ3n) is 7.12. The molecule has 1 amide bonds. The first-order chi connectivity index (χ1) is 16.6. The van der Waals surface area contributed by atoms with E-state index >= 15 is 0 Å². The number of benzene rings is 1. The van der Waals surface area contributed by atoms with Gasteiger partial charge in [-0.25, -0.2) is 4.79 Å². The number of rotatable bonds is 7. The molecule has 0 radical (unpaired) electrons. The van der Waals surface area contributed by atoms with E-state index in [0.29, 0.717) is 6.54 Å². The van der Waals surface area contributed by atoms with Crippen LogP contribution in [0.4, 0.5) is 4.79 Å². The zero-order valence-corrected chi connectivity index (χ0v) is 25.5. The fourth-order valence-corrected chi connectivity index (χ4v) is 6.17. The van der Waals surface area contributed by atoms with Crippen molar-refractivity contribution in [3.05, 3.63) is 34.8 Å². The molecule has 36 heavy (non-hydrogen) atoms. The van der Waals surface area contributed by atoms with Crippen LogP contribution in [0.25, 0.3) is 10.6 Å². The fourth-order valence-electron chi connectivity index (χ4n) is 4.10. The Bertz CT molecular complexity index is 1040. The predicted molar refractivity (Wildman–Crippen MR) is 150 cm³/mol. The minimum Gasteiger partial charge on any atom is -0.444 e. The third kappa shape index (κ3) is 7.37. The SMILES string of the molecule is Cc1nnc(-c2cccc([C@@H](CN3CC[C@H](O[Si](C)(C)C(C)(C)C)C3)N(C)C(=O)OC(C)(C)C)c2)s1. The topological polar surface area (TPSA) is 67.8 Å². The number of likely N-dealkylation sites (N-methyl/N-ethyl adjacent to an activating group) is 1. The molecular weight excluding hydrogens is 488 g/mol. The number of aryl methyl sites for hydroxylation is 1. The molecule has 1 fully saturated rings. The van der Waals surface area contributed by atoms with Crippen molar-refractivity contribution in [3.63, 3.8) is 0 Å². The summed E-state index contributed by atoms with van der Waals surface area (Å²) >= 11 is 1.57. The smallest absolute Gasteiger partial charge is 0.410 e. The summed E-state index contributed by atoms with van der Waals surface area (Å²) in [5, 5.41) is 10.5. The second-order valence-electron chi connectivity index (χ2n) is 12.4. The van der Waals surface area contributed by atoms with Gasteiger partial charge in [0.05, 0.1) is 12.1 Å². The molecule has 7 nitrogen and oxygen atoms in total. The predicted octanol–water partition coefficient (Wildman–Crippen LogP) is 6.52. The van der Waals surface area contributed by atoms with Gasteiger partial charge in [-0.2, -0.15) is 0 Å². The molecule has 1 saturated heterocycles. The Morgan fingerprint density at radius 2 is 1.92 bits per heavy atom. The van der Waals surface area contributed by atoms with Crippen LogP contribution < -0.4 is 0 Å². The van der Waals surface area contributed by atoms with Crippen molar-refractivity contribution in [2.45, 2.75) is 90.8 Å². The number of amides is 1. The van der Waals surface area contributed by atoms with Gasteiger partial charge < -0.3 is 14.1 Å². The lowest BCUT2D eigenvalue weighted by Gasteiger charge is -2.38. The van der Waals surface area contributed by atoms with Gasteiger partial charge in [-0.3, -0.25) is 4.90 Å². The van der Waals surface area contributed by atoms with Crippen molar-refractivity contribution in [3.8, 4) is 10.6 Å². The van der Waals surface area contributed by atoms with E-state index in [1.54, 1.807) is 16.2 Å². The molecule has 0 unspecified atom stereocenters. The van der Waals surface area contributed by atoms with Gasteiger partial charge >= 0.3 is 6.09 Å². The molecule has 2 aromatic rings. The molecule has 2 atom stereocenters. The fraction of sp³-hybridized carbons (Fsp3) is 0.667. The van der Waals surface area contributed by atoms with Crippen LogP contribution in [-0.4, -0.2) is 72.8 Å². The molecule has 200 valence electrons. The molecule has 0 aliphatic carbocycles. The molecule has 3 rings (SSSR count). The van der Waals surface area contributed by atoms with Crippen molar-refractivity contribution in [1.82, 2.24) is 20.0 Å². The Balaban J connectivity index is 1.83. The summed E-state index contributed by atoms with van der Waals surface area (Å²) < 4.78 is 12.5. The van der Waals surface area contributed by atoms with Gasteiger partial charge in [0.2, 0.25) is 0 Å². The highest BCUT2D eigenvalue weighted by atomic mass is 32.1. The minimum atomic E-state index is -1.84. The van der Waals surface area contributed by atoms with Crippen molar-refractivity contribution in [2.24, 2.45) is 0 Å². The minimum absolute atomic E-state index is 0.166. The molecule has 0 saturated carbocycles. The largest absolute Gasteiger partial charge is 0.444 e. The molecule has 1 aliphatic heterocycles. The van der Waals surface area contributed by atoms with E-state index in [-0.39, 0.29) is 23.3 Å². The zero-order valence-electron chi connectivity index (χ0n) is 23.7. The van der Waals surface area contributed by atoms with Crippen molar-refractivity contribution in [1.29, 1.82) is 0 Å². The van der Waals surface area contributed by atoms with Crippen LogP contribution in [0.15, 0.2) is 24.3 Å². The molecule has 9 heteroatoms. The number of carbonyl (C=O) groups excluding carboxylic acids is 1. The summed E-state index contributed by atoms with van der Waals surface area (Å²) in [7, 11) is -0.00224. The Labute approximate surface area is 222 Å². The van der Waals surface area contributed by atoms with Crippen molar-refractivity contribution >= 4 is 25.7 Å². The Morgan fingerprint density at radius 3 is 2.50 bits per heavy atom. The van der Waals surface area contributed by atoms with Gasteiger partial charge in [0.25, 0.3) is 0 Å².